The fraction of sp³-hybridized carbons (Fsp3) is 0.130. The van der Waals surface area contributed by atoms with Gasteiger partial charge in [-0.2, -0.15) is 0 Å². The Morgan fingerprint density at radius 1 is 0.935 bits per heavy atom. The lowest BCUT2D eigenvalue weighted by molar-refractivity contribution is 0.302. The second kappa shape index (κ2) is 11.7. The van der Waals surface area contributed by atoms with E-state index in [0.29, 0.717) is 19.0 Å². The van der Waals surface area contributed by atoms with Crippen LogP contribution in [0.3, 0.4) is 0 Å². The van der Waals surface area contributed by atoms with Crippen LogP contribution in [-0.2, 0) is 13.2 Å². The van der Waals surface area contributed by atoms with E-state index in [1.165, 1.54) is 0 Å². The van der Waals surface area contributed by atoms with Crippen molar-refractivity contribution < 1.29 is 4.74 Å². The molecule has 0 aliphatic heterocycles. The average molecular weight is 480 g/mol. The lowest BCUT2D eigenvalue weighted by atomic mass is 9.99. The van der Waals surface area contributed by atoms with Gasteiger partial charge in [0.15, 0.2) is 0 Å². The molecule has 2 aromatic heterocycles. The van der Waals surface area contributed by atoms with Gasteiger partial charge in [-0.3, -0.25) is 4.98 Å². The molecule has 31 heavy (non-hydrogen) atoms. The fourth-order valence-electron chi connectivity index (χ4n) is 3.31. The van der Waals surface area contributed by atoms with Gasteiger partial charge in [0, 0.05) is 35.5 Å². The molecular weight excluding hydrogens is 455 g/mol. The summed E-state index contributed by atoms with van der Waals surface area (Å²) >= 11 is 0. The Morgan fingerprint density at radius 2 is 1.68 bits per heavy atom. The Morgan fingerprint density at radius 3 is 2.39 bits per heavy atom. The third-order valence-electron chi connectivity index (χ3n) is 4.77. The molecule has 4 rings (SSSR count). The second-order valence-corrected chi connectivity index (χ2v) is 6.77. The monoisotopic (exact) mass is 478 g/mol. The van der Waals surface area contributed by atoms with Gasteiger partial charge in [0.05, 0.1) is 5.52 Å². The van der Waals surface area contributed by atoms with Crippen LogP contribution in [0.1, 0.15) is 16.7 Å². The molecule has 0 unspecified atom stereocenters. The van der Waals surface area contributed by atoms with Crippen LogP contribution in [0.25, 0.3) is 22.0 Å². The number of pyridine rings is 2. The molecule has 4 aromatic rings. The van der Waals surface area contributed by atoms with Crippen LogP contribution in [0.15, 0.2) is 67.0 Å². The number of benzene rings is 2. The van der Waals surface area contributed by atoms with Crippen LogP contribution >= 0.6 is 37.2 Å². The zero-order chi connectivity index (χ0) is 19.5. The minimum atomic E-state index is 0. The van der Waals surface area contributed by atoms with Gasteiger partial charge in [0.1, 0.15) is 18.2 Å². The summed E-state index contributed by atoms with van der Waals surface area (Å²) in [6.45, 7) is 2.90. The van der Waals surface area contributed by atoms with Gasteiger partial charge in [-0.25, -0.2) is 4.98 Å². The highest BCUT2D eigenvalue weighted by Gasteiger charge is 2.08. The van der Waals surface area contributed by atoms with Gasteiger partial charge in [-0.1, -0.05) is 24.3 Å². The van der Waals surface area contributed by atoms with E-state index < -0.39 is 0 Å². The largest absolute Gasteiger partial charge is 0.489 e. The molecule has 164 valence electrons. The molecule has 2 heterocycles. The van der Waals surface area contributed by atoms with Gasteiger partial charge < -0.3 is 16.2 Å². The number of nitrogens with two attached hydrogens (primary N) is 2. The Hall–Kier alpha value is -2.57. The number of halogens is 3. The highest BCUT2D eigenvalue weighted by molar-refractivity contribution is 5.88. The third kappa shape index (κ3) is 5.99. The van der Waals surface area contributed by atoms with E-state index in [4.69, 9.17) is 16.2 Å². The van der Waals surface area contributed by atoms with Crippen LogP contribution in [0.4, 0.5) is 5.82 Å². The lowest BCUT2D eigenvalue weighted by Crippen LogP contribution is -2.03. The molecule has 8 heteroatoms. The van der Waals surface area contributed by atoms with Crippen molar-refractivity contribution in [1.29, 1.82) is 0 Å². The highest BCUT2D eigenvalue weighted by Crippen LogP contribution is 2.30. The summed E-state index contributed by atoms with van der Waals surface area (Å²) < 4.78 is 5.96. The number of nitrogens with zero attached hydrogens (tertiary/aromatic N) is 2. The van der Waals surface area contributed by atoms with Crippen molar-refractivity contribution in [2.75, 3.05) is 5.73 Å². The number of rotatable bonds is 5. The maximum atomic E-state index is 5.98. The van der Waals surface area contributed by atoms with Crippen LogP contribution in [-0.4, -0.2) is 9.97 Å². The molecule has 0 saturated heterocycles. The molecular formula is C23H25Cl3N4O. The van der Waals surface area contributed by atoms with Gasteiger partial charge in [-0.15, -0.1) is 37.2 Å². The van der Waals surface area contributed by atoms with E-state index in [2.05, 4.69) is 34.2 Å². The number of fused-ring (bicyclic) bond motifs is 1. The summed E-state index contributed by atoms with van der Waals surface area (Å²) in [4.78, 5) is 8.58. The Kier molecular flexibility index (Phi) is 10.0. The predicted octanol–water partition coefficient (Wildman–Crippen LogP) is 5.49. The lowest BCUT2D eigenvalue weighted by Gasteiger charge is -2.13. The van der Waals surface area contributed by atoms with E-state index in [1.54, 1.807) is 12.4 Å². The smallest absolute Gasteiger partial charge is 0.124 e. The van der Waals surface area contributed by atoms with Crippen molar-refractivity contribution in [3.8, 4) is 16.9 Å². The van der Waals surface area contributed by atoms with E-state index in [-0.39, 0.29) is 37.2 Å². The number of hydrogen-bond donors (Lipinski definition) is 2. The van der Waals surface area contributed by atoms with E-state index in [1.807, 2.05) is 37.3 Å². The molecule has 0 aliphatic rings. The summed E-state index contributed by atoms with van der Waals surface area (Å²) in [5, 5.41) is 1.11. The molecule has 0 saturated carbocycles. The van der Waals surface area contributed by atoms with Crippen molar-refractivity contribution in [2.45, 2.75) is 20.1 Å². The SMILES string of the molecule is Cc1cc(N)nc2cc(-c3ccc(OCc4cccnc4)c(CN)c3)ccc12.Cl.Cl.Cl. The van der Waals surface area contributed by atoms with Crippen molar-refractivity contribution in [2.24, 2.45) is 5.73 Å². The number of aryl methyl sites for hydroxylation is 1. The van der Waals surface area contributed by atoms with Gasteiger partial charge >= 0.3 is 0 Å². The summed E-state index contributed by atoms with van der Waals surface area (Å²) in [7, 11) is 0. The molecule has 0 spiro atoms. The van der Waals surface area contributed by atoms with Crippen molar-refractivity contribution >= 4 is 53.9 Å². The molecule has 5 nitrogen and oxygen atoms in total. The van der Waals surface area contributed by atoms with Crippen molar-refractivity contribution in [3.05, 3.63) is 83.7 Å². The van der Waals surface area contributed by atoms with Gasteiger partial charge in [0.2, 0.25) is 0 Å². The normalized spacial score (nSPS) is 9.87. The first-order valence-electron chi connectivity index (χ1n) is 9.16. The summed E-state index contributed by atoms with van der Waals surface area (Å²) in [6.07, 6.45) is 3.55. The molecule has 2 aromatic carbocycles. The quantitative estimate of drug-likeness (QED) is 0.395. The second-order valence-electron chi connectivity index (χ2n) is 6.77. The first-order valence-corrected chi connectivity index (χ1v) is 9.16. The van der Waals surface area contributed by atoms with E-state index >= 15 is 0 Å². The number of hydrogen-bond acceptors (Lipinski definition) is 5. The summed E-state index contributed by atoms with van der Waals surface area (Å²) in [5.74, 6) is 1.32. The molecule has 0 radical (unpaired) electrons. The fourth-order valence-corrected chi connectivity index (χ4v) is 3.31. The third-order valence-corrected chi connectivity index (χ3v) is 4.77. The van der Waals surface area contributed by atoms with Crippen molar-refractivity contribution in [3.63, 3.8) is 0 Å². The van der Waals surface area contributed by atoms with E-state index in [9.17, 15) is 0 Å². The molecule has 0 atom stereocenters. The van der Waals surface area contributed by atoms with Crippen LogP contribution in [0, 0.1) is 6.92 Å². The Labute approximate surface area is 200 Å². The Balaban J connectivity index is 0.00000160. The number of aromatic nitrogens is 2. The summed E-state index contributed by atoms with van der Waals surface area (Å²) in [6, 6.07) is 18.1. The first kappa shape index (κ1) is 26.5. The average Bonchev–Trinajstić information content (AvgIpc) is 2.72. The number of ether oxygens (including phenoxy) is 1. The van der Waals surface area contributed by atoms with Crippen molar-refractivity contribution in [1.82, 2.24) is 9.97 Å². The van der Waals surface area contributed by atoms with Crippen LogP contribution in [0.5, 0.6) is 5.75 Å². The first-order chi connectivity index (χ1) is 13.6. The molecule has 0 amide bonds. The van der Waals surface area contributed by atoms with Gasteiger partial charge in [-0.05, 0) is 53.9 Å². The summed E-state index contributed by atoms with van der Waals surface area (Å²) in [5.41, 5.74) is 18.0. The highest BCUT2D eigenvalue weighted by atomic mass is 35.5. The molecule has 0 bridgehead atoms. The Bertz CT molecular complexity index is 1140. The number of anilines is 1. The zero-order valence-corrected chi connectivity index (χ0v) is 19.4. The van der Waals surface area contributed by atoms with Crippen LogP contribution < -0.4 is 16.2 Å². The standard InChI is InChI=1S/C23H22N4O.3ClH/c1-15-9-23(25)27-21-11-18(4-6-20(15)21)17-5-7-22(19(10-17)12-24)28-14-16-3-2-8-26-13-16;;;/h2-11,13H,12,14,24H2,1H3,(H2,25,27);3*1H. The minimum absolute atomic E-state index is 0. The molecule has 4 N–H and O–H groups in total. The maximum Gasteiger partial charge on any atom is 0.124 e. The topological polar surface area (TPSA) is 87.0 Å². The maximum absolute atomic E-state index is 5.98. The number of nitrogen functional groups attached to an aromatic ring is 1. The van der Waals surface area contributed by atoms with Gasteiger partial charge in [0.25, 0.3) is 0 Å². The van der Waals surface area contributed by atoms with Crippen LogP contribution in [0.2, 0.25) is 0 Å². The predicted molar refractivity (Wildman–Crippen MR) is 135 cm³/mol. The molecule has 0 fully saturated rings. The molecule has 0 aliphatic carbocycles. The minimum Gasteiger partial charge on any atom is -0.489 e. The zero-order valence-electron chi connectivity index (χ0n) is 16.9. The van der Waals surface area contributed by atoms with E-state index in [0.717, 1.165) is 44.5 Å².